The first kappa shape index (κ1) is 13.8. The lowest BCUT2D eigenvalue weighted by Gasteiger charge is -2.07. The van der Waals surface area contributed by atoms with Crippen LogP contribution in [0.1, 0.15) is 10.5 Å². The van der Waals surface area contributed by atoms with Gasteiger partial charge in [-0.15, -0.1) is 0 Å². The first-order valence-corrected chi connectivity index (χ1v) is 5.40. The van der Waals surface area contributed by atoms with Gasteiger partial charge in [-0.3, -0.25) is 10.6 Å². The van der Waals surface area contributed by atoms with Gasteiger partial charge in [0.1, 0.15) is 11.5 Å². The third kappa shape index (κ3) is 2.86. The summed E-state index contributed by atoms with van der Waals surface area (Å²) in [5.41, 5.74) is 2.28. The third-order valence-electron chi connectivity index (χ3n) is 2.42. The number of nitrogens with one attached hydrogen (secondary N) is 2. The number of hydrogen-bond donors (Lipinski definition) is 3. The van der Waals surface area contributed by atoms with E-state index >= 15 is 0 Å². The molecule has 4 N–H and O–H groups in total. The summed E-state index contributed by atoms with van der Waals surface area (Å²) in [6.07, 6.45) is 1.29. The molecule has 0 saturated heterocycles. The van der Waals surface area contributed by atoms with Gasteiger partial charge in [0.2, 0.25) is 0 Å². The minimum Gasteiger partial charge on any atom is -0.323 e. The zero-order valence-corrected chi connectivity index (χ0v) is 9.95. The Morgan fingerprint density at radius 1 is 1.10 bits per heavy atom. The lowest BCUT2D eigenvalue weighted by atomic mass is 10.2. The van der Waals surface area contributed by atoms with Crippen LogP contribution in [0.2, 0.25) is 0 Å². The molecular formula is C12H9F3N4O. The molecule has 0 saturated carbocycles. The number of nitrogen functional groups attached to an aromatic ring is 1. The average Bonchev–Trinajstić information content (AvgIpc) is 2.44. The monoisotopic (exact) mass is 282 g/mol. The van der Waals surface area contributed by atoms with Crippen LogP contribution in [0, 0.1) is 17.5 Å². The fourth-order valence-corrected chi connectivity index (χ4v) is 1.42. The largest absolute Gasteiger partial charge is 0.323 e. The number of carbonyl (C=O) groups is 1. The highest BCUT2D eigenvalue weighted by Gasteiger charge is 2.14. The molecule has 5 nitrogen and oxygen atoms in total. The Bertz CT molecular complexity index is 646. The smallest absolute Gasteiger partial charge is 0.274 e. The molecular weight excluding hydrogens is 273 g/mol. The average molecular weight is 282 g/mol. The molecule has 0 aliphatic carbocycles. The zero-order chi connectivity index (χ0) is 14.7. The summed E-state index contributed by atoms with van der Waals surface area (Å²) in [6, 6.07) is 3.71. The van der Waals surface area contributed by atoms with E-state index in [2.05, 4.69) is 15.7 Å². The predicted octanol–water partition coefficient (Wildman–Crippen LogP) is 2.04. The Balaban J connectivity index is 2.20. The Hall–Kier alpha value is -2.61. The predicted molar refractivity (Wildman–Crippen MR) is 66.3 cm³/mol. The van der Waals surface area contributed by atoms with Crippen molar-refractivity contribution >= 4 is 17.3 Å². The van der Waals surface area contributed by atoms with E-state index in [9.17, 15) is 18.0 Å². The zero-order valence-electron chi connectivity index (χ0n) is 9.95. The summed E-state index contributed by atoms with van der Waals surface area (Å²) >= 11 is 0. The van der Waals surface area contributed by atoms with Gasteiger partial charge in [0, 0.05) is 12.1 Å². The summed E-state index contributed by atoms with van der Waals surface area (Å²) in [7, 11) is 0. The topological polar surface area (TPSA) is 80.0 Å². The van der Waals surface area contributed by atoms with Crippen molar-refractivity contribution in [2.45, 2.75) is 0 Å². The molecule has 1 amide bonds. The van der Waals surface area contributed by atoms with Gasteiger partial charge < -0.3 is 10.7 Å². The molecule has 2 aromatic rings. The van der Waals surface area contributed by atoms with Gasteiger partial charge >= 0.3 is 0 Å². The molecule has 0 spiro atoms. The maximum Gasteiger partial charge on any atom is 0.274 e. The van der Waals surface area contributed by atoms with E-state index in [-0.39, 0.29) is 5.69 Å². The fourth-order valence-electron chi connectivity index (χ4n) is 1.42. The van der Waals surface area contributed by atoms with Crippen molar-refractivity contribution in [3.8, 4) is 0 Å². The number of hydrogen-bond acceptors (Lipinski definition) is 4. The van der Waals surface area contributed by atoms with Gasteiger partial charge in [-0.1, -0.05) is 0 Å². The van der Waals surface area contributed by atoms with Crippen molar-refractivity contribution in [2.24, 2.45) is 5.84 Å². The summed E-state index contributed by atoms with van der Waals surface area (Å²) in [5, 5.41) is 2.10. The highest BCUT2D eigenvalue weighted by Crippen LogP contribution is 2.19. The SMILES string of the molecule is NNc1ccc(C(=O)Nc2cc(F)c(F)cc2F)nc1. The third-order valence-corrected chi connectivity index (χ3v) is 2.42. The summed E-state index contributed by atoms with van der Waals surface area (Å²) in [6.45, 7) is 0. The van der Waals surface area contributed by atoms with Crippen molar-refractivity contribution in [2.75, 3.05) is 10.7 Å². The second-order valence-electron chi connectivity index (χ2n) is 3.78. The van der Waals surface area contributed by atoms with Crippen LogP contribution in [-0.4, -0.2) is 10.9 Å². The molecule has 1 aromatic carbocycles. The van der Waals surface area contributed by atoms with Crippen LogP contribution < -0.4 is 16.6 Å². The van der Waals surface area contributed by atoms with E-state index in [0.717, 1.165) is 0 Å². The molecule has 0 aliphatic rings. The Morgan fingerprint density at radius 2 is 1.80 bits per heavy atom. The van der Waals surface area contributed by atoms with E-state index in [1.165, 1.54) is 18.3 Å². The van der Waals surface area contributed by atoms with Crippen molar-refractivity contribution < 1.29 is 18.0 Å². The van der Waals surface area contributed by atoms with Gasteiger partial charge in [-0.25, -0.2) is 18.2 Å². The number of amides is 1. The van der Waals surface area contributed by atoms with Crippen molar-refractivity contribution in [3.63, 3.8) is 0 Å². The molecule has 8 heteroatoms. The van der Waals surface area contributed by atoms with Gasteiger partial charge in [0.05, 0.1) is 17.6 Å². The normalized spacial score (nSPS) is 10.2. The van der Waals surface area contributed by atoms with Gasteiger partial charge in [0.25, 0.3) is 5.91 Å². The molecule has 0 unspecified atom stereocenters. The van der Waals surface area contributed by atoms with Crippen molar-refractivity contribution in [3.05, 3.63) is 53.6 Å². The lowest BCUT2D eigenvalue weighted by Crippen LogP contribution is -2.15. The highest BCUT2D eigenvalue weighted by atomic mass is 19.2. The second-order valence-corrected chi connectivity index (χ2v) is 3.78. The summed E-state index contributed by atoms with van der Waals surface area (Å²) in [4.78, 5) is 15.5. The number of carbonyl (C=O) groups excluding carboxylic acids is 1. The van der Waals surface area contributed by atoms with Crippen LogP contribution in [0.25, 0.3) is 0 Å². The first-order valence-electron chi connectivity index (χ1n) is 5.40. The maximum atomic E-state index is 13.4. The van der Waals surface area contributed by atoms with Crippen LogP contribution in [0.4, 0.5) is 24.5 Å². The molecule has 0 atom stereocenters. The lowest BCUT2D eigenvalue weighted by molar-refractivity contribution is 0.102. The number of nitrogens with zero attached hydrogens (tertiary/aromatic N) is 1. The molecule has 0 radical (unpaired) electrons. The molecule has 104 valence electrons. The second kappa shape index (κ2) is 5.57. The number of nitrogens with two attached hydrogens (primary N) is 1. The van der Waals surface area contributed by atoms with E-state index in [1.54, 1.807) is 0 Å². The molecule has 1 aromatic heterocycles. The van der Waals surface area contributed by atoms with E-state index in [1.807, 2.05) is 0 Å². The quantitative estimate of drug-likeness (QED) is 0.457. The van der Waals surface area contributed by atoms with E-state index in [0.29, 0.717) is 17.8 Å². The fraction of sp³-hybridized carbons (Fsp3) is 0. The minimum atomic E-state index is -1.34. The van der Waals surface area contributed by atoms with Crippen LogP contribution >= 0.6 is 0 Å². The van der Waals surface area contributed by atoms with Gasteiger partial charge in [-0.05, 0) is 12.1 Å². The molecule has 0 bridgehead atoms. The van der Waals surface area contributed by atoms with Gasteiger partial charge in [0.15, 0.2) is 11.6 Å². The number of aromatic nitrogens is 1. The van der Waals surface area contributed by atoms with Crippen molar-refractivity contribution in [1.82, 2.24) is 4.98 Å². The number of benzene rings is 1. The van der Waals surface area contributed by atoms with Crippen molar-refractivity contribution in [1.29, 1.82) is 0 Å². The van der Waals surface area contributed by atoms with E-state index in [4.69, 9.17) is 5.84 Å². The number of anilines is 2. The molecule has 0 aliphatic heterocycles. The Morgan fingerprint density at radius 3 is 2.40 bits per heavy atom. The number of rotatable bonds is 3. The number of pyridine rings is 1. The maximum absolute atomic E-state index is 13.4. The van der Waals surface area contributed by atoms with Crippen LogP contribution in [0.5, 0.6) is 0 Å². The molecule has 2 rings (SSSR count). The van der Waals surface area contributed by atoms with E-state index < -0.39 is 29.0 Å². The highest BCUT2D eigenvalue weighted by molar-refractivity contribution is 6.03. The van der Waals surface area contributed by atoms with Crippen LogP contribution in [0.3, 0.4) is 0 Å². The summed E-state index contributed by atoms with van der Waals surface area (Å²) < 4.78 is 39.1. The van der Waals surface area contributed by atoms with Crippen LogP contribution in [-0.2, 0) is 0 Å². The number of halogens is 3. The molecule has 0 fully saturated rings. The Kier molecular flexibility index (Phi) is 3.85. The summed E-state index contributed by atoms with van der Waals surface area (Å²) in [5.74, 6) is 0.679. The Labute approximate surface area is 111 Å². The standard InChI is InChI=1S/C12H9F3N4O/c13-7-3-9(15)11(4-8(7)14)18-12(20)10-2-1-6(19-16)5-17-10/h1-5,19H,16H2,(H,18,20). The molecule has 1 heterocycles. The first-order chi connectivity index (χ1) is 9.51. The minimum absolute atomic E-state index is 0.0341. The van der Waals surface area contributed by atoms with Crippen LogP contribution in [0.15, 0.2) is 30.5 Å². The number of hydrazine groups is 1. The molecule has 20 heavy (non-hydrogen) atoms. The van der Waals surface area contributed by atoms with Gasteiger partial charge in [-0.2, -0.15) is 0 Å².